The highest BCUT2D eigenvalue weighted by molar-refractivity contribution is 5.18. The van der Waals surface area contributed by atoms with Gasteiger partial charge in [-0.15, -0.1) is 0 Å². The lowest BCUT2D eigenvalue weighted by atomic mass is 10.1. The Labute approximate surface area is 149 Å². The summed E-state index contributed by atoms with van der Waals surface area (Å²) >= 11 is 0. The third kappa shape index (κ3) is 4.66. The summed E-state index contributed by atoms with van der Waals surface area (Å²) in [7, 11) is 2.11. The summed E-state index contributed by atoms with van der Waals surface area (Å²) in [5.74, 6) is 1.39. The highest BCUT2D eigenvalue weighted by atomic mass is 16.5. The summed E-state index contributed by atoms with van der Waals surface area (Å²) in [5.41, 5.74) is 1.22. The molecule has 1 aromatic carbocycles. The van der Waals surface area contributed by atoms with Crippen LogP contribution in [0.25, 0.3) is 0 Å². The van der Waals surface area contributed by atoms with Gasteiger partial charge in [0.15, 0.2) is 5.82 Å². The largest absolute Gasteiger partial charge is 0.370 e. The van der Waals surface area contributed by atoms with E-state index in [1.54, 1.807) is 0 Å². The zero-order valence-electron chi connectivity index (χ0n) is 15.6. The predicted octanol–water partition coefficient (Wildman–Crippen LogP) is 2.83. The van der Waals surface area contributed by atoms with Crippen molar-refractivity contribution < 1.29 is 9.26 Å². The molecule has 0 radical (unpaired) electrons. The molecule has 6 nitrogen and oxygen atoms in total. The van der Waals surface area contributed by atoms with Crippen LogP contribution in [0.15, 0.2) is 34.9 Å². The Kier molecular flexibility index (Phi) is 5.83. The molecule has 1 aromatic heterocycles. The van der Waals surface area contributed by atoms with Crippen molar-refractivity contribution in [2.75, 3.05) is 33.2 Å². The van der Waals surface area contributed by atoms with E-state index in [0.29, 0.717) is 11.7 Å². The Balaban J connectivity index is 1.71. The van der Waals surface area contributed by atoms with Crippen molar-refractivity contribution in [3.05, 3.63) is 47.6 Å². The highest BCUT2D eigenvalue weighted by Crippen LogP contribution is 2.26. The molecule has 2 atom stereocenters. The number of ether oxygens (including phenoxy) is 1. The molecule has 0 saturated carbocycles. The average Bonchev–Trinajstić information content (AvgIpc) is 3.02. The van der Waals surface area contributed by atoms with Crippen LogP contribution in [0.1, 0.15) is 43.3 Å². The molecule has 136 valence electrons. The molecule has 2 aromatic rings. The molecule has 2 heterocycles. The van der Waals surface area contributed by atoms with Crippen molar-refractivity contribution >= 4 is 0 Å². The van der Waals surface area contributed by atoms with Crippen LogP contribution in [-0.2, 0) is 4.74 Å². The van der Waals surface area contributed by atoms with E-state index in [1.807, 2.05) is 13.0 Å². The molecule has 0 amide bonds. The van der Waals surface area contributed by atoms with Crippen LogP contribution in [0.2, 0.25) is 0 Å². The Morgan fingerprint density at radius 3 is 2.64 bits per heavy atom. The Morgan fingerprint density at radius 2 is 2.00 bits per heavy atom. The molecule has 6 heteroatoms. The van der Waals surface area contributed by atoms with Crippen LogP contribution < -0.4 is 0 Å². The number of nitrogens with zero attached hydrogens (tertiary/aromatic N) is 4. The molecule has 0 aliphatic carbocycles. The van der Waals surface area contributed by atoms with Crippen molar-refractivity contribution in [2.24, 2.45) is 0 Å². The Hall–Kier alpha value is -1.76. The topological polar surface area (TPSA) is 54.6 Å². The summed E-state index contributed by atoms with van der Waals surface area (Å²) in [5, 5.41) is 3.94. The number of aryl methyl sites for hydroxylation is 1. The molecule has 1 fully saturated rings. The number of hydrogen-bond acceptors (Lipinski definition) is 6. The quantitative estimate of drug-likeness (QED) is 0.803. The Morgan fingerprint density at radius 1 is 1.24 bits per heavy atom. The summed E-state index contributed by atoms with van der Waals surface area (Å²) in [6.45, 7) is 9.73. The highest BCUT2D eigenvalue weighted by Gasteiger charge is 2.31. The van der Waals surface area contributed by atoms with Crippen LogP contribution in [0.3, 0.4) is 0 Å². The molecule has 1 saturated heterocycles. The van der Waals surface area contributed by atoms with Crippen molar-refractivity contribution in [1.82, 2.24) is 19.9 Å². The maximum Gasteiger partial charge on any atom is 0.245 e. The van der Waals surface area contributed by atoms with Gasteiger partial charge in [0.1, 0.15) is 6.04 Å². The first-order valence-corrected chi connectivity index (χ1v) is 8.96. The molecular weight excluding hydrogens is 316 g/mol. The predicted molar refractivity (Wildman–Crippen MR) is 96.3 cm³/mol. The van der Waals surface area contributed by atoms with E-state index in [0.717, 1.165) is 26.2 Å². The van der Waals surface area contributed by atoms with Gasteiger partial charge in [0.05, 0.1) is 12.2 Å². The van der Waals surface area contributed by atoms with Crippen molar-refractivity contribution in [3.8, 4) is 0 Å². The van der Waals surface area contributed by atoms with Crippen LogP contribution >= 0.6 is 0 Å². The smallest absolute Gasteiger partial charge is 0.245 e. The van der Waals surface area contributed by atoms with Gasteiger partial charge in [-0.25, -0.2) is 0 Å². The molecule has 25 heavy (non-hydrogen) atoms. The maximum atomic E-state index is 6.20. The van der Waals surface area contributed by atoms with Gasteiger partial charge in [-0.2, -0.15) is 4.98 Å². The number of rotatable bonds is 6. The fourth-order valence-electron chi connectivity index (χ4n) is 3.27. The van der Waals surface area contributed by atoms with Crippen LogP contribution in [0, 0.1) is 6.92 Å². The minimum Gasteiger partial charge on any atom is -0.370 e. The SMILES string of the molecule is Cc1noc(C2CN(CC(OC(C)C)c3ccccc3)CCN2C)n1. The average molecular weight is 344 g/mol. The fourth-order valence-corrected chi connectivity index (χ4v) is 3.27. The summed E-state index contributed by atoms with van der Waals surface area (Å²) in [6.07, 6.45) is 0.252. The van der Waals surface area contributed by atoms with Gasteiger partial charge >= 0.3 is 0 Å². The lowest BCUT2D eigenvalue weighted by molar-refractivity contribution is -0.0286. The second-order valence-electron chi connectivity index (χ2n) is 7.02. The molecule has 1 aliphatic heterocycles. The summed E-state index contributed by atoms with van der Waals surface area (Å²) in [6, 6.07) is 10.6. The van der Waals surface area contributed by atoms with Gasteiger partial charge in [0.2, 0.25) is 5.89 Å². The van der Waals surface area contributed by atoms with E-state index in [2.05, 4.69) is 65.1 Å². The number of piperazine rings is 1. The first-order chi connectivity index (χ1) is 12.0. The maximum absolute atomic E-state index is 6.20. The first kappa shape index (κ1) is 18.0. The van der Waals surface area contributed by atoms with Gasteiger partial charge in [-0.05, 0) is 33.4 Å². The van der Waals surface area contributed by atoms with Gasteiger partial charge in [0.25, 0.3) is 0 Å². The molecular formula is C19H28N4O2. The van der Waals surface area contributed by atoms with Gasteiger partial charge in [-0.1, -0.05) is 35.5 Å². The van der Waals surface area contributed by atoms with Crippen molar-refractivity contribution in [3.63, 3.8) is 0 Å². The number of likely N-dealkylation sites (N-methyl/N-ethyl adjacent to an activating group) is 1. The van der Waals surface area contributed by atoms with E-state index in [4.69, 9.17) is 9.26 Å². The molecule has 0 spiro atoms. The van der Waals surface area contributed by atoms with Gasteiger partial charge in [-0.3, -0.25) is 9.80 Å². The van der Waals surface area contributed by atoms with Crippen LogP contribution in [-0.4, -0.2) is 59.3 Å². The minimum atomic E-state index is 0.0645. The zero-order valence-corrected chi connectivity index (χ0v) is 15.6. The number of hydrogen-bond donors (Lipinski definition) is 0. The minimum absolute atomic E-state index is 0.0645. The lowest BCUT2D eigenvalue weighted by Gasteiger charge is -2.39. The molecule has 2 unspecified atom stereocenters. The third-order valence-corrected chi connectivity index (χ3v) is 4.59. The third-order valence-electron chi connectivity index (χ3n) is 4.59. The van der Waals surface area contributed by atoms with Gasteiger partial charge < -0.3 is 9.26 Å². The van der Waals surface area contributed by atoms with E-state index >= 15 is 0 Å². The first-order valence-electron chi connectivity index (χ1n) is 8.96. The Bertz CT molecular complexity index is 658. The van der Waals surface area contributed by atoms with Crippen LogP contribution in [0.5, 0.6) is 0 Å². The van der Waals surface area contributed by atoms with Crippen molar-refractivity contribution in [1.29, 1.82) is 0 Å². The normalized spacial score (nSPS) is 20.9. The van der Waals surface area contributed by atoms with E-state index in [-0.39, 0.29) is 18.2 Å². The molecule has 1 aliphatic rings. The molecule has 0 N–H and O–H groups in total. The fraction of sp³-hybridized carbons (Fsp3) is 0.579. The van der Waals surface area contributed by atoms with E-state index in [9.17, 15) is 0 Å². The van der Waals surface area contributed by atoms with E-state index in [1.165, 1.54) is 5.56 Å². The summed E-state index contributed by atoms with van der Waals surface area (Å²) < 4.78 is 11.6. The second-order valence-corrected chi connectivity index (χ2v) is 7.02. The van der Waals surface area contributed by atoms with Gasteiger partial charge in [0, 0.05) is 26.2 Å². The molecule has 0 bridgehead atoms. The standard InChI is InChI=1S/C19H28N4O2/c1-14(2)24-18(16-8-6-5-7-9-16)13-23-11-10-22(4)17(12-23)19-20-15(3)21-25-19/h5-9,14,17-18H,10-13H2,1-4H3. The lowest BCUT2D eigenvalue weighted by Crippen LogP contribution is -2.48. The second kappa shape index (κ2) is 8.08. The van der Waals surface area contributed by atoms with Crippen molar-refractivity contribution in [2.45, 2.75) is 39.0 Å². The summed E-state index contributed by atoms with van der Waals surface area (Å²) in [4.78, 5) is 9.14. The molecule has 3 rings (SSSR count). The monoisotopic (exact) mass is 344 g/mol. The van der Waals surface area contributed by atoms with Crippen LogP contribution in [0.4, 0.5) is 0 Å². The zero-order chi connectivity index (χ0) is 17.8. The number of benzene rings is 1. The van der Waals surface area contributed by atoms with E-state index < -0.39 is 0 Å². The number of aromatic nitrogens is 2.